The molecular weight excluding hydrogens is 247 g/mol. The van der Waals surface area contributed by atoms with E-state index in [-0.39, 0.29) is 11.6 Å². The molecule has 0 saturated carbocycles. The van der Waals surface area contributed by atoms with Crippen LogP contribution in [0.1, 0.15) is 5.56 Å². The Kier molecular flexibility index (Phi) is 3.07. The molecule has 0 aliphatic heterocycles. The third-order valence-corrected chi connectivity index (χ3v) is 5.25. The molecule has 2 rings (SSSR count). The van der Waals surface area contributed by atoms with Gasteiger partial charge in [0.1, 0.15) is 10.0 Å². The lowest BCUT2D eigenvalue weighted by Crippen LogP contribution is -2.02. The fourth-order valence-electron chi connectivity index (χ4n) is 1.31. The average Bonchev–Trinajstić information content (AvgIpc) is 2.75. The van der Waals surface area contributed by atoms with Crippen LogP contribution in [0.15, 0.2) is 46.0 Å². The maximum Gasteiger partial charge on any atom is 0.191 e. The normalized spacial score (nSPS) is 11.6. The lowest BCUT2D eigenvalue weighted by Gasteiger charge is -2.01. The quantitative estimate of drug-likeness (QED) is 0.846. The number of hydrogen-bond donors (Lipinski definition) is 0. The first kappa shape index (κ1) is 11.3. The Morgan fingerprint density at radius 2 is 1.81 bits per heavy atom. The van der Waals surface area contributed by atoms with Crippen LogP contribution in [-0.2, 0) is 15.6 Å². The van der Waals surface area contributed by atoms with Gasteiger partial charge in [-0.2, -0.15) is 0 Å². The topological polar surface area (TPSA) is 34.1 Å². The van der Waals surface area contributed by atoms with E-state index in [9.17, 15) is 12.8 Å². The summed E-state index contributed by atoms with van der Waals surface area (Å²) in [5.74, 6) is -0.453. The van der Waals surface area contributed by atoms with E-state index in [1.165, 1.54) is 35.6 Å². The van der Waals surface area contributed by atoms with Crippen LogP contribution in [0.5, 0.6) is 0 Å². The van der Waals surface area contributed by atoms with Crippen LogP contribution in [0.4, 0.5) is 4.39 Å². The molecule has 16 heavy (non-hydrogen) atoms. The van der Waals surface area contributed by atoms with Crippen molar-refractivity contribution in [2.75, 3.05) is 0 Å². The second kappa shape index (κ2) is 4.35. The number of benzene rings is 1. The predicted octanol–water partition coefficient (Wildman–Crippen LogP) is 2.86. The van der Waals surface area contributed by atoms with E-state index in [0.29, 0.717) is 9.77 Å². The molecular formula is C11H9FO2S2. The van der Waals surface area contributed by atoms with Crippen LogP contribution < -0.4 is 0 Å². The minimum atomic E-state index is -3.29. The molecule has 2 aromatic rings. The second-order valence-electron chi connectivity index (χ2n) is 3.32. The molecule has 5 heteroatoms. The Labute approximate surface area is 97.3 Å². The summed E-state index contributed by atoms with van der Waals surface area (Å²) in [6, 6.07) is 8.77. The fraction of sp³-hybridized carbons (Fsp3) is 0.0909. The first-order valence-electron chi connectivity index (χ1n) is 4.59. The van der Waals surface area contributed by atoms with Crippen molar-refractivity contribution in [3.05, 3.63) is 53.2 Å². The Bertz CT molecular complexity index is 557. The molecule has 0 amide bonds. The molecule has 0 fully saturated rings. The number of sulfone groups is 1. The summed E-state index contributed by atoms with van der Waals surface area (Å²) < 4.78 is 36.7. The van der Waals surface area contributed by atoms with Gasteiger partial charge < -0.3 is 0 Å². The molecule has 0 spiro atoms. The fourth-order valence-corrected chi connectivity index (χ4v) is 3.75. The van der Waals surface area contributed by atoms with Crippen molar-refractivity contribution in [2.24, 2.45) is 0 Å². The predicted molar refractivity (Wildman–Crippen MR) is 61.6 cm³/mol. The van der Waals surface area contributed by atoms with E-state index in [1.54, 1.807) is 17.5 Å². The summed E-state index contributed by atoms with van der Waals surface area (Å²) >= 11 is 1.19. The smallest absolute Gasteiger partial charge is 0.191 e. The molecule has 1 aromatic heterocycles. The van der Waals surface area contributed by atoms with Gasteiger partial charge >= 0.3 is 0 Å². The second-order valence-corrected chi connectivity index (χ2v) is 6.48. The van der Waals surface area contributed by atoms with E-state index in [0.717, 1.165) is 0 Å². The van der Waals surface area contributed by atoms with Gasteiger partial charge in [-0.1, -0.05) is 18.2 Å². The third kappa shape index (κ3) is 2.48. The van der Waals surface area contributed by atoms with Crippen LogP contribution in [0.3, 0.4) is 0 Å². The summed E-state index contributed by atoms with van der Waals surface area (Å²) in [4.78, 5) is 0. The number of thiophene rings is 1. The first-order chi connectivity index (χ1) is 7.58. The van der Waals surface area contributed by atoms with Crippen molar-refractivity contribution in [2.45, 2.75) is 9.96 Å². The minimum Gasteiger partial charge on any atom is -0.223 e. The Morgan fingerprint density at radius 3 is 2.38 bits per heavy atom. The number of hydrogen-bond acceptors (Lipinski definition) is 3. The molecule has 84 valence electrons. The van der Waals surface area contributed by atoms with Crippen LogP contribution in [0.2, 0.25) is 0 Å². The highest BCUT2D eigenvalue weighted by atomic mass is 32.2. The Hall–Kier alpha value is -1.20. The highest BCUT2D eigenvalue weighted by molar-refractivity contribution is 7.92. The summed E-state index contributed by atoms with van der Waals surface area (Å²) in [6.07, 6.45) is 0. The van der Waals surface area contributed by atoms with E-state index < -0.39 is 9.84 Å². The molecule has 0 aliphatic rings. The van der Waals surface area contributed by atoms with Gasteiger partial charge in [0.15, 0.2) is 9.84 Å². The monoisotopic (exact) mass is 256 g/mol. The van der Waals surface area contributed by atoms with Crippen molar-refractivity contribution >= 4 is 21.2 Å². The van der Waals surface area contributed by atoms with Gasteiger partial charge in [0.05, 0.1) is 5.75 Å². The summed E-state index contributed by atoms with van der Waals surface area (Å²) in [5, 5.41) is 1.72. The Balaban J connectivity index is 2.25. The lowest BCUT2D eigenvalue weighted by molar-refractivity contribution is 0.597. The van der Waals surface area contributed by atoms with Gasteiger partial charge in [-0.25, -0.2) is 12.8 Å². The molecule has 0 saturated heterocycles. The van der Waals surface area contributed by atoms with Crippen molar-refractivity contribution in [1.82, 2.24) is 0 Å². The molecule has 0 N–H and O–H groups in total. The Morgan fingerprint density at radius 1 is 1.12 bits per heavy atom. The standard InChI is InChI=1S/C11H9FO2S2/c12-10-5-3-9(4-6-10)8-16(13,14)11-2-1-7-15-11/h1-7H,8H2. The largest absolute Gasteiger partial charge is 0.223 e. The van der Waals surface area contributed by atoms with Gasteiger partial charge in [0, 0.05) is 0 Å². The molecule has 0 bridgehead atoms. The highest BCUT2D eigenvalue weighted by Gasteiger charge is 2.15. The summed E-state index contributed by atoms with van der Waals surface area (Å²) in [5.41, 5.74) is 0.592. The van der Waals surface area contributed by atoms with Crippen LogP contribution >= 0.6 is 11.3 Å². The zero-order chi connectivity index (χ0) is 11.6. The lowest BCUT2D eigenvalue weighted by atomic mass is 10.2. The number of halogens is 1. The van der Waals surface area contributed by atoms with Crippen molar-refractivity contribution in [1.29, 1.82) is 0 Å². The van der Waals surface area contributed by atoms with Crippen molar-refractivity contribution in [3.8, 4) is 0 Å². The van der Waals surface area contributed by atoms with E-state index in [2.05, 4.69) is 0 Å². The van der Waals surface area contributed by atoms with Gasteiger partial charge in [-0.3, -0.25) is 0 Å². The van der Waals surface area contributed by atoms with Crippen LogP contribution in [0, 0.1) is 5.82 Å². The molecule has 0 atom stereocenters. The highest BCUT2D eigenvalue weighted by Crippen LogP contribution is 2.21. The van der Waals surface area contributed by atoms with Crippen LogP contribution in [0.25, 0.3) is 0 Å². The zero-order valence-electron chi connectivity index (χ0n) is 8.26. The average molecular weight is 256 g/mol. The SMILES string of the molecule is O=S(=O)(Cc1ccc(F)cc1)c1cccs1. The first-order valence-corrected chi connectivity index (χ1v) is 7.12. The zero-order valence-corrected chi connectivity index (χ0v) is 9.89. The maximum absolute atomic E-state index is 12.6. The van der Waals surface area contributed by atoms with Crippen LogP contribution in [-0.4, -0.2) is 8.42 Å². The van der Waals surface area contributed by atoms with Gasteiger partial charge in [0.2, 0.25) is 0 Å². The van der Waals surface area contributed by atoms with Crippen molar-refractivity contribution in [3.63, 3.8) is 0 Å². The summed E-state index contributed by atoms with van der Waals surface area (Å²) in [6.45, 7) is 0. The van der Waals surface area contributed by atoms with E-state index in [1.807, 2.05) is 0 Å². The molecule has 0 radical (unpaired) electrons. The molecule has 0 unspecified atom stereocenters. The van der Waals surface area contributed by atoms with Crippen molar-refractivity contribution < 1.29 is 12.8 Å². The van der Waals surface area contributed by atoms with Gasteiger partial charge in [0.25, 0.3) is 0 Å². The summed E-state index contributed by atoms with van der Waals surface area (Å²) in [7, 11) is -3.29. The van der Waals surface area contributed by atoms with E-state index in [4.69, 9.17) is 0 Å². The molecule has 2 nitrogen and oxygen atoms in total. The minimum absolute atomic E-state index is 0.0895. The van der Waals surface area contributed by atoms with Gasteiger partial charge in [-0.05, 0) is 29.1 Å². The maximum atomic E-state index is 12.6. The molecule has 1 aromatic carbocycles. The third-order valence-electron chi connectivity index (χ3n) is 2.07. The number of rotatable bonds is 3. The van der Waals surface area contributed by atoms with Gasteiger partial charge in [-0.15, -0.1) is 11.3 Å². The van der Waals surface area contributed by atoms with E-state index >= 15 is 0 Å². The molecule has 0 aliphatic carbocycles. The molecule has 1 heterocycles.